The Morgan fingerprint density at radius 3 is 2.82 bits per heavy atom. The molecule has 0 unspecified atom stereocenters. The molecule has 4 aliphatic carbocycles. The van der Waals surface area contributed by atoms with Gasteiger partial charge in [0.25, 0.3) is 0 Å². The first-order valence-electron chi connectivity index (χ1n) is 10.0. The molecule has 0 radical (unpaired) electrons. The molecule has 1 heteroatoms. The molecule has 0 spiro atoms. The summed E-state index contributed by atoms with van der Waals surface area (Å²) in [6, 6.07) is 0. The standard InChI is InChI=1S/C21H34O/c1-3-12-21(22)14-11-19-18-9-8-15-6-4-5-7-16(15)17(18)10-13-20(19,21)2/h6,16-19,22H,3-5,7-14H2,1-2H3/t16-,17+,18+,19+,20-,21-/m0/s1. The van der Waals surface area contributed by atoms with Crippen molar-refractivity contribution < 1.29 is 5.11 Å². The highest BCUT2D eigenvalue weighted by Crippen LogP contribution is 2.65. The van der Waals surface area contributed by atoms with Gasteiger partial charge in [0.2, 0.25) is 0 Å². The predicted octanol–water partition coefficient (Wildman–Crippen LogP) is 5.48. The monoisotopic (exact) mass is 302 g/mol. The van der Waals surface area contributed by atoms with Gasteiger partial charge in [0, 0.05) is 0 Å². The quantitative estimate of drug-likeness (QED) is 0.670. The summed E-state index contributed by atoms with van der Waals surface area (Å²) in [7, 11) is 0. The summed E-state index contributed by atoms with van der Waals surface area (Å²) in [5.74, 6) is 3.57. The summed E-state index contributed by atoms with van der Waals surface area (Å²) in [4.78, 5) is 0. The van der Waals surface area contributed by atoms with Gasteiger partial charge in [-0.15, -0.1) is 0 Å². The lowest BCUT2D eigenvalue weighted by Gasteiger charge is -2.56. The predicted molar refractivity (Wildman–Crippen MR) is 91.6 cm³/mol. The highest BCUT2D eigenvalue weighted by molar-refractivity contribution is 5.19. The summed E-state index contributed by atoms with van der Waals surface area (Å²) >= 11 is 0. The zero-order chi connectivity index (χ0) is 15.4. The SMILES string of the molecule is CCC[C@]1(O)CC[C@@H]2[C@@H]3CCC4=CCCC[C@@H]4[C@H]3CC[C@@]21C. The highest BCUT2D eigenvalue weighted by Gasteiger charge is 2.61. The molecule has 3 fully saturated rings. The Kier molecular flexibility index (Phi) is 3.72. The van der Waals surface area contributed by atoms with Crippen molar-refractivity contribution in [3.05, 3.63) is 11.6 Å². The molecular formula is C21H34O. The molecule has 0 bridgehead atoms. The van der Waals surface area contributed by atoms with Crippen LogP contribution in [0.3, 0.4) is 0 Å². The fourth-order valence-electron chi connectivity index (χ4n) is 7.24. The zero-order valence-corrected chi connectivity index (χ0v) is 14.6. The maximum atomic E-state index is 11.4. The largest absolute Gasteiger partial charge is 0.389 e. The number of hydrogen-bond acceptors (Lipinski definition) is 1. The lowest BCUT2D eigenvalue weighted by atomic mass is 9.50. The minimum absolute atomic E-state index is 0.208. The Morgan fingerprint density at radius 2 is 2.00 bits per heavy atom. The average molecular weight is 303 g/mol. The second kappa shape index (κ2) is 5.36. The molecule has 3 saturated carbocycles. The van der Waals surface area contributed by atoms with E-state index in [0.717, 1.165) is 42.9 Å². The fourth-order valence-corrected chi connectivity index (χ4v) is 7.24. The first-order chi connectivity index (χ1) is 10.6. The number of rotatable bonds is 2. The van der Waals surface area contributed by atoms with Crippen molar-refractivity contribution in [2.45, 2.75) is 90.1 Å². The zero-order valence-electron chi connectivity index (χ0n) is 14.6. The Hall–Kier alpha value is -0.300. The normalized spacial score (nSPS) is 50.8. The Labute approximate surface area is 136 Å². The molecule has 0 amide bonds. The number of fused-ring (bicyclic) bond motifs is 5. The number of allylic oxidation sites excluding steroid dienone is 2. The molecule has 0 aromatic carbocycles. The van der Waals surface area contributed by atoms with Crippen molar-refractivity contribution in [3.8, 4) is 0 Å². The molecule has 22 heavy (non-hydrogen) atoms. The third kappa shape index (κ3) is 2.00. The Balaban J connectivity index is 1.61. The van der Waals surface area contributed by atoms with Crippen molar-refractivity contribution in [2.24, 2.45) is 29.1 Å². The van der Waals surface area contributed by atoms with Gasteiger partial charge in [-0.2, -0.15) is 0 Å². The van der Waals surface area contributed by atoms with E-state index in [4.69, 9.17) is 0 Å². The lowest BCUT2D eigenvalue weighted by Crippen LogP contribution is -2.52. The van der Waals surface area contributed by atoms with Crippen LogP contribution < -0.4 is 0 Å². The van der Waals surface area contributed by atoms with Gasteiger partial charge in [0.05, 0.1) is 5.60 Å². The van der Waals surface area contributed by atoms with Gasteiger partial charge >= 0.3 is 0 Å². The van der Waals surface area contributed by atoms with Crippen LogP contribution in [0.2, 0.25) is 0 Å². The van der Waals surface area contributed by atoms with Crippen molar-refractivity contribution in [3.63, 3.8) is 0 Å². The summed E-state index contributed by atoms with van der Waals surface area (Å²) in [5.41, 5.74) is 1.66. The molecule has 4 rings (SSSR count). The smallest absolute Gasteiger partial charge is 0.0703 e. The summed E-state index contributed by atoms with van der Waals surface area (Å²) in [6.07, 6.45) is 16.7. The van der Waals surface area contributed by atoms with E-state index < -0.39 is 0 Å². The summed E-state index contributed by atoms with van der Waals surface area (Å²) < 4.78 is 0. The molecule has 1 nitrogen and oxygen atoms in total. The van der Waals surface area contributed by atoms with Crippen LogP contribution in [0.4, 0.5) is 0 Å². The Morgan fingerprint density at radius 1 is 1.14 bits per heavy atom. The van der Waals surface area contributed by atoms with E-state index in [2.05, 4.69) is 19.9 Å². The van der Waals surface area contributed by atoms with Crippen LogP contribution >= 0.6 is 0 Å². The van der Waals surface area contributed by atoms with E-state index in [1.54, 1.807) is 0 Å². The van der Waals surface area contributed by atoms with E-state index in [1.807, 2.05) is 5.57 Å². The van der Waals surface area contributed by atoms with Crippen molar-refractivity contribution in [2.75, 3.05) is 0 Å². The van der Waals surface area contributed by atoms with Gasteiger partial charge in [-0.3, -0.25) is 0 Å². The van der Waals surface area contributed by atoms with E-state index in [0.29, 0.717) is 0 Å². The van der Waals surface area contributed by atoms with Gasteiger partial charge in [-0.25, -0.2) is 0 Å². The van der Waals surface area contributed by atoms with Gasteiger partial charge in [-0.05, 0) is 93.3 Å². The van der Waals surface area contributed by atoms with Gasteiger partial charge < -0.3 is 5.11 Å². The van der Waals surface area contributed by atoms with Crippen LogP contribution in [-0.2, 0) is 0 Å². The third-order valence-electron chi connectivity index (χ3n) is 8.36. The topological polar surface area (TPSA) is 20.2 Å². The molecule has 1 N–H and O–H groups in total. The minimum Gasteiger partial charge on any atom is -0.389 e. The first-order valence-corrected chi connectivity index (χ1v) is 10.0. The second-order valence-corrected chi connectivity index (χ2v) is 9.07. The lowest BCUT2D eigenvalue weighted by molar-refractivity contribution is -0.121. The Bertz CT molecular complexity index is 467. The first kappa shape index (κ1) is 15.2. The highest BCUT2D eigenvalue weighted by atomic mass is 16.3. The van der Waals surface area contributed by atoms with Gasteiger partial charge in [0.1, 0.15) is 0 Å². The minimum atomic E-state index is -0.361. The van der Waals surface area contributed by atoms with Gasteiger partial charge in [-0.1, -0.05) is 31.9 Å². The maximum Gasteiger partial charge on any atom is 0.0703 e. The molecule has 0 aromatic rings. The number of aliphatic hydroxyl groups is 1. The molecular weight excluding hydrogens is 268 g/mol. The van der Waals surface area contributed by atoms with Crippen LogP contribution in [0, 0.1) is 29.1 Å². The molecule has 6 atom stereocenters. The third-order valence-corrected chi connectivity index (χ3v) is 8.36. The molecule has 0 aromatic heterocycles. The molecule has 0 saturated heterocycles. The summed E-state index contributed by atoms with van der Waals surface area (Å²) in [6.45, 7) is 4.68. The van der Waals surface area contributed by atoms with Crippen LogP contribution in [0.5, 0.6) is 0 Å². The number of hydrogen-bond donors (Lipinski definition) is 1. The maximum absolute atomic E-state index is 11.4. The molecule has 4 aliphatic rings. The molecule has 0 aliphatic heterocycles. The van der Waals surface area contributed by atoms with Crippen LogP contribution in [0.1, 0.15) is 84.5 Å². The van der Waals surface area contributed by atoms with E-state index in [1.165, 1.54) is 51.4 Å². The summed E-state index contributed by atoms with van der Waals surface area (Å²) in [5, 5.41) is 11.4. The average Bonchev–Trinajstić information content (AvgIpc) is 2.79. The van der Waals surface area contributed by atoms with Crippen LogP contribution in [0.25, 0.3) is 0 Å². The van der Waals surface area contributed by atoms with Gasteiger partial charge in [0.15, 0.2) is 0 Å². The van der Waals surface area contributed by atoms with Crippen molar-refractivity contribution in [1.82, 2.24) is 0 Å². The van der Waals surface area contributed by atoms with Crippen LogP contribution in [0.15, 0.2) is 11.6 Å². The second-order valence-electron chi connectivity index (χ2n) is 9.07. The van der Waals surface area contributed by atoms with E-state index in [9.17, 15) is 5.11 Å². The molecule has 124 valence electrons. The molecule has 0 heterocycles. The van der Waals surface area contributed by atoms with Crippen molar-refractivity contribution in [1.29, 1.82) is 0 Å². The van der Waals surface area contributed by atoms with E-state index in [-0.39, 0.29) is 11.0 Å². The van der Waals surface area contributed by atoms with Crippen LogP contribution in [-0.4, -0.2) is 10.7 Å². The fraction of sp³-hybridized carbons (Fsp3) is 0.905. The van der Waals surface area contributed by atoms with Crippen molar-refractivity contribution >= 4 is 0 Å². The van der Waals surface area contributed by atoms with E-state index >= 15 is 0 Å².